The van der Waals surface area contributed by atoms with E-state index in [1.165, 1.54) is 6.42 Å². The molecule has 162 valence electrons. The molecular formula is C24H26ClN3O3. The molecular weight excluding hydrogens is 414 g/mol. The standard InChI is InChI=1S/C24H26ClN3O3/c25-21-14-19(11-12-20(21)24(31)26-17-9-10-17)28-23(30)16-7-4-8-18(13-16)27-22(29)15-5-2-1-3-6-15/h4,7-8,11-15,17H,1-3,5-6,9-10H2,(H,26,31)(H,27,29)(H,28,30). The van der Waals surface area contributed by atoms with Gasteiger partial charge in [-0.25, -0.2) is 0 Å². The molecule has 2 saturated carbocycles. The van der Waals surface area contributed by atoms with Gasteiger partial charge in [-0.2, -0.15) is 0 Å². The molecule has 0 saturated heterocycles. The summed E-state index contributed by atoms with van der Waals surface area (Å²) in [6, 6.07) is 11.9. The van der Waals surface area contributed by atoms with Gasteiger partial charge in [-0.1, -0.05) is 36.9 Å². The number of carbonyl (C=O) groups excluding carboxylic acids is 3. The number of benzene rings is 2. The quantitative estimate of drug-likeness (QED) is 0.591. The van der Waals surface area contributed by atoms with E-state index in [1.807, 2.05) is 0 Å². The van der Waals surface area contributed by atoms with Gasteiger partial charge in [-0.15, -0.1) is 0 Å². The minimum atomic E-state index is -0.319. The fourth-order valence-electron chi connectivity index (χ4n) is 3.82. The van der Waals surface area contributed by atoms with Crippen LogP contribution in [0.1, 0.15) is 65.7 Å². The van der Waals surface area contributed by atoms with Gasteiger partial charge in [0.2, 0.25) is 5.91 Å². The van der Waals surface area contributed by atoms with Crippen LogP contribution in [0.4, 0.5) is 11.4 Å². The van der Waals surface area contributed by atoms with Crippen molar-refractivity contribution in [3.8, 4) is 0 Å². The Morgan fingerprint density at radius 1 is 0.806 bits per heavy atom. The van der Waals surface area contributed by atoms with E-state index in [0.717, 1.165) is 38.5 Å². The van der Waals surface area contributed by atoms with Crippen LogP contribution >= 0.6 is 11.6 Å². The van der Waals surface area contributed by atoms with Crippen molar-refractivity contribution in [3.63, 3.8) is 0 Å². The van der Waals surface area contributed by atoms with Crippen molar-refractivity contribution in [2.24, 2.45) is 5.92 Å². The van der Waals surface area contributed by atoms with Crippen LogP contribution in [0.2, 0.25) is 5.02 Å². The predicted octanol–water partition coefficient (Wildman–Crippen LogP) is 5.00. The summed E-state index contributed by atoms with van der Waals surface area (Å²) in [4.78, 5) is 37.4. The number of anilines is 2. The van der Waals surface area contributed by atoms with Crippen LogP contribution in [0.25, 0.3) is 0 Å². The first kappa shape index (κ1) is 21.4. The SMILES string of the molecule is O=C(Nc1ccc(C(=O)NC2CC2)c(Cl)c1)c1cccc(NC(=O)C2CCCCC2)c1. The summed E-state index contributed by atoms with van der Waals surface area (Å²) >= 11 is 6.25. The molecule has 2 aromatic rings. The minimum absolute atomic E-state index is 0.0177. The number of halogens is 1. The van der Waals surface area contributed by atoms with E-state index in [-0.39, 0.29) is 34.7 Å². The van der Waals surface area contributed by atoms with Gasteiger partial charge in [0, 0.05) is 28.9 Å². The van der Waals surface area contributed by atoms with Gasteiger partial charge in [0.1, 0.15) is 0 Å². The largest absolute Gasteiger partial charge is 0.349 e. The molecule has 0 unspecified atom stereocenters. The first-order valence-corrected chi connectivity index (χ1v) is 11.2. The van der Waals surface area contributed by atoms with E-state index in [2.05, 4.69) is 16.0 Å². The molecule has 0 aliphatic heterocycles. The number of carbonyl (C=O) groups is 3. The molecule has 3 N–H and O–H groups in total. The monoisotopic (exact) mass is 439 g/mol. The summed E-state index contributed by atoms with van der Waals surface area (Å²) in [5.74, 6) is -0.458. The van der Waals surface area contributed by atoms with E-state index in [9.17, 15) is 14.4 Å². The lowest BCUT2D eigenvalue weighted by Crippen LogP contribution is -2.25. The second-order valence-corrected chi connectivity index (χ2v) is 8.71. The Morgan fingerprint density at radius 2 is 1.55 bits per heavy atom. The normalized spacial score (nSPS) is 16.4. The van der Waals surface area contributed by atoms with E-state index in [4.69, 9.17) is 11.6 Å². The summed E-state index contributed by atoms with van der Waals surface area (Å²) in [5.41, 5.74) is 1.91. The zero-order valence-electron chi connectivity index (χ0n) is 17.2. The van der Waals surface area contributed by atoms with Crippen molar-refractivity contribution >= 4 is 40.7 Å². The molecule has 6 nitrogen and oxygen atoms in total. The number of nitrogens with one attached hydrogen (secondary N) is 3. The highest BCUT2D eigenvalue weighted by atomic mass is 35.5. The molecule has 2 aliphatic carbocycles. The van der Waals surface area contributed by atoms with Crippen LogP contribution < -0.4 is 16.0 Å². The molecule has 0 atom stereocenters. The third kappa shape index (κ3) is 5.64. The lowest BCUT2D eigenvalue weighted by molar-refractivity contribution is -0.120. The van der Waals surface area contributed by atoms with Crippen LogP contribution in [0, 0.1) is 5.92 Å². The fourth-order valence-corrected chi connectivity index (χ4v) is 4.08. The Balaban J connectivity index is 1.39. The van der Waals surface area contributed by atoms with Gasteiger partial charge in [0.25, 0.3) is 11.8 Å². The second-order valence-electron chi connectivity index (χ2n) is 8.30. The van der Waals surface area contributed by atoms with Crippen molar-refractivity contribution in [3.05, 3.63) is 58.6 Å². The summed E-state index contributed by atoms with van der Waals surface area (Å²) in [6.07, 6.45) is 7.20. The van der Waals surface area contributed by atoms with Crippen molar-refractivity contribution in [1.82, 2.24) is 5.32 Å². The third-order valence-electron chi connectivity index (χ3n) is 5.75. The smallest absolute Gasteiger partial charge is 0.255 e. The van der Waals surface area contributed by atoms with Gasteiger partial charge in [-0.3, -0.25) is 14.4 Å². The zero-order valence-corrected chi connectivity index (χ0v) is 18.0. The molecule has 7 heteroatoms. The lowest BCUT2D eigenvalue weighted by Gasteiger charge is -2.20. The molecule has 0 spiro atoms. The molecule has 2 fully saturated rings. The number of hydrogen-bond donors (Lipinski definition) is 3. The highest BCUT2D eigenvalue weighted by molar-refractivity contribution is 6.34. The predicted molar refractivity (Wildman–Crippen MR) is 122 cm³/mol. The van der Waals surface area contributed by atoms with E-state index >= 15 is 0 Å². The Morgan fingerprint density at radius 3 is 2.26 bits per heavy atom. The Labute approximate surface area is 186 Å². The molecule has 2 aliphatic rings. The molecule has 4 rings (SSSR count). The lowest BCUT2D eigenvalue weighted by atomic mass is 9.88. The number of hydrogen-bond acceptors (Lipinski definition) is 3. The Kier molecular flexibility index (Phi) is 6.56. The van der Waals surface area contributed by atoms with Crippen molar-refractivity contribution in [1.29, 1.82) is 0 Å². The highest BCUT2D eigenvalue weighted by Crippen LogP contribution is 2.26. The maximum Gasteiger partial charge on any atom is 0.255 e. The average molecular weight is 440 g/mol. The van der Waals surface area contributed by atoms with Gasteiger partial charge in [0.05, 0.1) is 10.6 Å². The number of rotatable bonds is 6. The summed E-state index contributed by atoms with van der Waals surface area (Å²) in [5, 5.41) is 8.91. The second kappa shape index (κ2) is 9.52. The maximum atomic E-state index is 12.7. The fraction of sp³-hybridized carbons (Fsp3) is 0.375. The topological polar surface area (TPSA) is 87.3 Å². The summed E-state index contributed by atoms with van der Waals surface area (Å²) in [7, 11) is 0. The average Bonchev–Trinajstić information content (AvgIpc) is 3.58. The maximum absolute atomic E-state index is 12.7. The highest BCUT2D eigenvalue weighted by Gasteiger charge is 2.25. The Bertz CT molecular complexity index is 997. The third-order valence-corrected chi connectivity index (χ3v) is 6.07. The minimum Gasteiger partial charge on any atom is -0.349 e. The first-order valence-electron chi connectivity index (χ1n) is 10.8. The first-order chi connectivity index (χ1) is 15.0. The van der Waals surface area contributed by atoms with Gasteiger partial charge in [0.15, 0.2) is 0 Å². The van der Waals surface area contributed by atoms with Crippen LogP contribution in [-0.2, 0) is 4.79 Å². The van der Waals surface area contributed by atoms with E-state index in [1.54, 1.807) is 42.5 Å². The molecule has 0 bridgehead atoms. The summed E-state index contributed by atoms with van der Waals surface area (Å²) in [6.45, 7) is 0. The van der Waals surface area contributed by atoms with Crippen molar-refractivity contribution in [2.75, 3.05) is 10.6 Å². The van der Waals surface area contributed by atoms with Crippen LogP contribution in [0.15, 0.2) is 42.5 Å². The van der Waals surface area contributed by atoms with Gasteiger partial charge < -0.3 is 16.0 Å². The Hall–Kier alpha value is -2.86. The van der Waals surface area contributed by atoms with Crippen LogP contribution in [0.5, 0.6) is 0 Å². The molecule has 0 heterocycles. The molecule has 31 heavy (non-hydrogen) atoms. The molecule has 2 aromatic carbocycles. The molecule has 0 radical (unpaired) electrons. The van der Waals surface area contributed by atoms with Gasteiger partial charge in [-0.05, 0) is 62.1 Å². The van der Waals surface area contributed by atoms with Crippen molar-refractivity contribution < 1.29 is 14.4 Å². The van der Waals surface area contributed by atoms with Gasteiger partial charge >= 0.3 is 0 Å². The number of amides is 3. The van der Waals surface area contributed by atoms with Crippen LogP contribution in [-0.4, -0.2) is 23.8 Å². The zero-order chi connectivity index (χ0) is 21.8. The van der Waals surface area contributed by atoms with E-state index < -0.39 is 0 Å². The van der Waals surface area contributed by atoms with E-state index in [0.29, 0.717) is 22.5 Å². The molecule has 3 amide bonds. The van der Waals surface area contributed by atoms with Crippen molar-refractivity contribution in [2.45, 2.75) is 51.0 Å². The summed E-state index contributed by atoms with van der Waals surface area (Å²) < 4.78 is 0. The molecule has 0 aromatic heterocycles. The van der Waals surface area contributed by atoms with Crippen LogP contribution in [0.3, 0.4) is 0 Å².